The standard InChI is InChI=1S/C12H14N6/c1-12(2)15-10(13)18-11(16-12)14-9(17-18)8-6-4-3-5-7-8/h3-7H,1-2H3,(H2,13,15)(H,14,16,17). The van der Waals surface area contributed by atoms with Crippen LogP contribution in [0.4, 0.5) is 5.95 Å². The molecule has 2 aromatic rings. The molecule has 2 heterocycles. The van der Waals surface area contributed by atoms with E-state index in [4.69, 9.17) is 5.73 Å². The summed E-state index contributed by atoms with van der Waals surface area (Å²) in [5.41, 5.74) is 6.38. The van der Waals surface area contributed by atoms with Crippen LogP contribution in [0.15, 0.2) is 35.3 Å². The molecule has 0 unspecified atom stereocenters. The van der Waals surface area contributed by atoms with Gasteiger partial charge in [0.1, 0.15) is 5.66 Å². The van der Waals surface area contributed by atoms with Gasteiger partial charge in [-0.25, -0.2) is 4.99 Å². The van der Waals surface area contributed by atoms with E-state index in [1.807, 2.05) is 44.2 Å². The zero-order chi connectivity index (χ0) is 12.8. The lowest BCUT2D eigenvalue weighted by Crippen LogP contribution is -2.41. The molecule has 0 atom stereocenters. The third-order valence-electron chi connectivity index (χ3n) is 2.67. The van der Waals surface area contributed by atoms with Gasteiger partial charge in [0.05, 0.1) is 0 Å². The van der Waals surface area contributed by atoms with Gasteiger partial charge in [-0.2, -0.15) is 9.67 Å². The van der Waals surface area contributed by atoms with Gasteiger partial charge in [-0.3, -0.25) is 0 Å². The Balaban J connectivity index is 2.08. The molecular weight excluding hydrogens is 228 g/mol. The molecular formula is C12H14N6. The van der Waals surface area contributed by atoms with Crippen LogP contribution in [0.5, 0.6) is 0 Å². The lowest BCUT2D eigenvalue weighted by Gasteiger charge is -2.26. The van der Waals surface area contributed by atoms with Crippen molar-refractivity contribution in [3.63, 3.8) is 0 Å². The van der Waals surface area contributed by atoms with E-state index in [1.165, 1.54) is 4.68 Å². The minimum Gasteiger partial charge on any atom is -0.368 e. The van der Waals surface area contributed by atoms with Crippen LogP contribution in [0.3, 0.4) is 0 Å². The Morgan fingerprint density at radius 3 is 2.67 bits per heavy atom. The first-order valence-electron chi connectivity index (χ1n) is 5.71. The number of nitrogens with zero attached hydrogens (tertiary/aromatic N) is 4. The molecule has 1 aliphatic rings. The van der Waals surface area contributed by atoms with Crippen molar-refractivity contribution < 1.29 is 0 Å². The minimum absolute atomic E-state index is 0.350. The molecule has 1 aliphatic heterocycles. The molecule has 3 rings (SSSR count). The molecule has 3 N–H and O–H groups in total. The first-order valence-corrected chi connectivity index (χ1v) is 5.71. The molecule has 0 amide bonds. The lowest BCUT2D eigenvalue weighted by molar-refractivity contribution is 0.570. The van der Waals surface area contributed by atoms with Gasteiger partial charge in [0.2, 0.25) is 11.9 Å². The molecule has 6 nitrogen and oxygen atoms in total. The Morgan fingerprint density at radius 2 is 1.94 bits per heavy atom. The number of hydrogen-bond acceptors (Lipinski definition) is 5. The van der Waals surface area contributed by atoms with Crippen molar-refractivity contribution >= 4 is 11.9 Å². The number of nitrogens with one attached hydrogen (secondary N) is 1. The third-order valence-corrected chi connectivity index (χ3v) is 2.67. The van der Waals surface area contributed by atoms with Crippen LogP contribution in [-0.4, -0.2) is 26.4 Å². The average Bonchev–Trinajstić information content (AvgIpc) is 2.72. The fourth-order valence-corrected chi connectivity index (χ4v) is 1.90. The number of anilines is 1. The highest BCUT2D eigenvalue weighted by atomic mass is 15.5. The SMILES string of the molecule is CC1(C)N=C(N)n2nc(-c3ccccc3)nc2N1. The van der Waals surface area contributed by atoms with Crippen molar-refractivity contribution in [3.8, 4) is 11.4 Å². The Hall–Kier alpha value is -2.37. The second-order valence-corrected chi connectivity index (χ2v) is 4.69. The summed E-state index contributed by atoms with van der Waals surface area (Å²) in [5, 5.41) is 7.53. The third kappa shape index (κ3) is 1.71. The molecule has 0 aliphatic carbocycles. The number of nitrogens with two attached hydrogens (primary N) is 1. The van der Waals surface area contributed by atoms with E-state index in [1.54, 1.807) is 0 Å². The molecule has 18 heavy (non-hydrogen) atoms. The van der Waals surface area contributed by atoms with Crippen molar-refractivity contribution in [2.75, 3.05) is 5.32 Å². The van der Waals surface area contributed by atoms with E-state index in [-0.39, 0.29) is 0 Å². The molecule has 1 aromatic carbocycles. The molecule has 0 saturated heterocycles. The van der Waals surface area contributed by atoms with E-state index in [2.05, 4.69) is 20.4 Å². The summed E-state index contributed by atoms with van der Waals surface area (Å²) in [6.45, 7) is 3.86. The van der Waals surface area contributed by atoms with E-state index in [0.717, 1.165) is 5.56 Å². The van der Waals surface area contributed by atoms with Gasteiger partial charge in [0.15, 0.2) is 5.82 Å². The highest BCUT2D eigenvalue weighted by molar-refractivity contribution is 5.85. The maximum absolute atomic E-state index is 5.88. The van der Waals surface area contributed by atoms with Crippen LogP contribution in [0.2, 0.25) is 0 Å². The van der Waals surface area contributed by atoms with E-state index >= 15 is 0 Å². The monoisotopic (exact) mass is 242 g/mol. The van der Waals surface area contributed by atoms with Crippen LogP contribution < -0.4 is 11.1 Å². The second-order valence-electron chi connectivity index (χ2n) is 4.69. The average molecular weight is 242 g/mol. The van der Waals surface area contributed by atoms with Crippen molar-refractivity contribution in [2.45, 2.75) is 19.5 Å². The molecule has 0 saturated carbocycles. The molecule has 0 fully saturated rings. The van der Waals surface area contributed by atoms with Gasteiger partial charge in [-0.15, -0.1) is 5.10 Å². The van der Waals surface area contributed by atoms with Gasteiger partial charge >= 0.3 is 0 Å². The molecule has 6 heteroatoms. The summed E-state index contributed by atoms with van der Waals surface area (Å²) in [7, 11) is 0. The summed E-state index contributed by atoms with van der Waals surface area (Å²) >= 11 is 0. The van der Waals surface area contributed by atoms with Crippen molar-refractivity contribution in [1.29, 1.82) is 0 Å². The molecule has 1 aromatic heterocycles. The highest BCUT2D eigenvalue weighted by Crippen LogP contribution is 2.23. The Bertz CT molecular complexity index is 611. The van der Waals surface area contributed by atoms with Crippen LogP contribution in [0, 0.1) is 0 Å². The second kappa shape index (κ2) is 3.56. The van der Waals surface area contributed by atoms with Crippen molar-refractivity contribution in [1.82, 2.24) is 14.8 Å². The van der Waals surface area contributed by atoms with Gasteiger partial charge in [-0.05, 0) is 13.8 Å². The molecule has 0 spiro atoms. The summed E-state index contributed by atoms with van der Waals surface area (Å²) < 4.78 is 1.52. The summed E-state index contributed by atoms with van der Waals surface area (Å²) in [4.78, 5) is 8.75. The quantitative estimate of drug-likeness (QED) is 0.789. The van der Waals surface area contributed by atoms with Crippen molar-refractivity contribution in [2.24, 2.45) is 10.7 Å². The Kier molecular flexibility index (Phi) is 2.13. The summed E-state index contributed by atoms with van der Waals surface area (Å²) in [6.07, 6.45) is 0. The maximum Gasteiger partial charge on any atom is 0.231 e. The number of fused-ring (bicyclic) bond motifs is 1. The van der Waals surface area contributed by atoms with Crippen LogP contribution in [0.1, 0.15) is 13.8 Å². The highest BCUT2D eigenvalue weighted by Gasteiger charge is 2.27. The van der Waals surface area contributed by atoms with Gasteiger partial charge in [0.25, 0.3) is 0 Å². The van der Waals surface area contributed by atoms with E-state index < -0.39 is 5.66 Å². The van der Waals surface area contributed by atoms with E-state index in [9.17, 15) is 0 Å². The topological polar surface area (TPSA) is 81.1 Å². The predicted molar refractivity (Wildman–Crippen MR) is 70.2 cm³/mol. The predicted octanol–water partition coefficient (Wildman–Crippen LogP) is 1.27. The normalized spacial score (nSPS) is 16.7. The zero-order valence-electron chi connectivity index (χ0n) is 10.3. The largest absolute Gasteiger partial charge is 0.368 e. The number of aliphatic imine (C=N–C) groups is 1. The van der Waals surface area contributed by atoms with E-state index in [0.29, 0.717) is 17.7 Å². The first-order chi connectivity index (χ1) is 8.55. The Morgan fingerprint density at radius 1 is 1.22 bits per heavy atom. The minimum atomic E-state index is -0.457. The van der Waals surface area contributed by atoms with Gasteiger partial charge in [-0.1, -0.05) is 30.3 Å². The Labute approximate surface area is 105 Å². The molecule has 0 radical (unpaired) electrons. The smallest absolute Gasteiger partial charge is 0.231 e. The number of hydrogen-bond donors (Lipinski definition) is 2. The van der Waals surface area contributed by atoms with Crippen LogP contribution in [-0.2, 0) is 0 Å². The number of aromatic nitrogens is 3. The molecule has 92 valence electrons. The van der Waals surface area contributed by atoms with Gasteiger partial charge in [0, 0.05) is 5.56 Å². The lowest BCUT2D eigenvalue weighted by atomic mass is 10.2. The van der Waals surface area contributed by atoms with Gasteiger partial charge < -0.3 is 11.1 Å². The zero-order valence-corrected chi connectivity index (χ0v) is 10.3. The first kappa shape index (κ1) is 10.8. The van der Waals surface area contributed by atoms with Crippen molar-refractivity contribution in [3.05, 3.63) is 30.3 Å². The number of benzene rings is 1. The summed E-state index contributed by atoms with van der Waals surface area (Å²) in [5.74, 6) is 1.60. The van der Waals surface area contributed by atoms with Crippen LogP contribution in [0.25, 0.3) is 11.4 Å². The maximum atomic E-state index is 5.88. The number of rotatable bonds is 1. The molecule has 0 bridgehead atoms. The summed E-state index contributed by atoms with van der Waals surface area (Å²) in [6, 6.07) is 9.77. The fraction of sp³-hybridized carbons (Fsp3) is 0.250. The fourth-order valence-electron chi connectivity index (χ4n) is 1.90. The van der Waals surface area contributed by atoms with Crippen LogP contribution >= 0.6 is 0 Å².